The summed E-state index contributed by atoms with van der Waals surface area (Å²) >= 11 is 1.20. The SMILES string of the molecule is O=C(CCc1ccc(-c2ccc(O)cc2)cc1)Nc1sccc1C(=O)O. The number of aromatic hydroxyl groups is 1. The summed E-state index contributed by atoms with van der Waals surface area (Å²) in [6, 6.07) is 16.3. The molecule has 0 unspecified atom stereocenters. The molecule has 3 aromatic rings. The van der Waals surface area contributed by atoms with Crippen molar-refractivity contribution in [1.29, 1.82) is 0 Å². The molecule has 0 aliphatic heterocycles. The van der Waals surface area contributed by atoms with Crippen LogP contribution < -0.4 is 5.32 Å². The summed E-state index contributed by atoms with van der Waals surface area (Å²) in [6.07, 6.45) is 0.838. The molecule has 26 heavy (non-hydrogen) atoms. The summed E-state index contributed by atoms with van der Waals surface area (Å²) in [5.41, 5.74) is 3.17. The van der Waals surface area contributed by atoms with Crippen LogP contribution in [-0.4, -0.2) is 22.1 Å². The number of phenols is 1. The molecule has 5 nitrogen and oxygen atoms in total. The smallest absolute Gasteiger partial charge is 0.338 e. The molecule has 2 aromatic carbocycles. The van der Waals surface area contributed by atoms with E-state index in [4.69, 9.17) is 5.11 Å². The molecule has 0 bridgehead atoms. The monoisotopic (exact) mass is 367 g/mol. The predicted molar refractivity (Wildman–Crippen MR) is 102 cm³/mol. The number of rotatable bonds is 6. The minimum atomic E-state index is -1.05. The van der Waals surface area contributed by atoms with Gasteiger partial charge in [-0.2, -0.15) is 0 Å². The van der Waals surface area contributed by atoms with Crippen molar-refractivity contribution >= 4 is 28.2 Å². The first-order chi connectivity index (χ1) is 12.5. The fourth-order valence-electron chi connectivity index (χ4n) is 2.54. The maximum Gasteiger partial charge on any atom is 0.338 e. The summed E-state index contributed by atoms with van der Waals surface area (Å²) in [5.74, 6) is -1.03. The normalized spacial score (nSPS) is 10.5. The Hall–Kier alpha value is -3.12. The maximum atomic E-state index is 12.1. The van der Waals surface area contributed by atoms with Crippen molar-refractivity contribution in [2.45, 2.75) is 12.8 Å². The average Bonchev–Trinajstić information content (AvgIpc) is 3.09. The van der Waals surface area contributed by atoms with Gasteiger partial charge in [0.25, 0.3) is 0 Å². The van der Waals surface area contributed by atoms with Gasteiger partial charge in [-0.3, -0.25) is 4.79 Å². The van der Waals surface area contributed by atoms with Crippen molar-refractivity contribution < 1.29 is 19.8 Å². The van der Waals surface area contributed by atoms with Crippen LogP contribution in [0.3, 0.4) is 0 Å². The maximum absolute atomic E-state index is 12.1. The Morgan fingerprint density at radius 3 is 2.15 bits per heavy atom. The third-order valence-corrected chi connectivity index (χ3v) is 4.77. The molecule has 1 amide bonds. The lowest BCUT2D eigenvalue weighted by Crippen LogP contribution is -2.13. The van der Waals surface area contributed by atoms with Gasteiger partial charge in [-0.1, -0.05) is 36.4 Å². The number of carbonyl (C=O) groups is 2. The number of carboxylic acid groups (broad SMARTS) is 1. The molecule has 1 heterocycles. The van der Waals surface area contributed by atoms with Crippen molar-refractivity contribution in [3.05, 3.63) is 71.1 Å². The van der Waals surface area contributed by atoms with Crippen LogP contribution in [-0.2, 0) is 11.2 Å². The van der Waals surface area contributed by atoms with E-state index in [0.717, 1.165) is 16.7 Å². The predicted octanol–water partition coefficient (Wildman–Crippen LogP) is 4.39. The first kappa shape index (κ1) is 17.7. The number of benzene rings is 2. The second kappa shape index (κ2) is 7.84. The number of aryl methyl sites for hydroxylation is 1. The molecule has 0 fully saturated rings. The molecule has 3 rings (SSSR count). The van der Waals surface area contributed by atoms with Crippen molar-refractivity contribution in [2.24, 2.45) is 0 Å². The fraction of sp³-hybridized carbons (Fsp3) is 0.100. The van der Waals surface area contributed by atoms with Gasteiger partial charge in [0.15, 0.2) is 0 Å². The Balaban J connectivity index is 1.57. The van der Waals surface area contributed by atoms with E-state index in [1.807, 2.05) is 36.4 Å². The number of carboxylic acids is 1. The number of phenolic OH excluding ortho intramolecular Hbond substituents is 1. The second-order valence-electron chi connectivity index (χ2n) is 5.76. The number of hydrogen-bond acceptors (Lipinski definition) is 4. The Bertz CT molecular complexity index is 914. The molecule has 6 heteroatoms. The lowest BCUT2D eigenvalue weighted by Gasteiger charge is -2.06. The molecular formula is C20H17NO4S. The van der Waals surface area contributed by atoms with Crippen LogP contribution in [0.2, 0.25) is 0 Å². The number of nitrogens with one attached hydrogen (secondary N) is 1. The van der Waals surface area contributed by atoms with Crippen LogP contribution in [0.1, 0.15) is 22.3 Å². The number of carbonyl (C=O) groups excluding carboxylic acids is 1. The van der Waals surface area contributed by atoms with Gasteiger partial charge in [-0.15, -0.1) is 11.3 Å². The van der Waals surface area contributed by atoms with Gasteiger partial charge in [0.05, 0.1) is 5.56 Å². The van der Waals surface area contributed by atoms with E-state index in [1.54, 1.807) is 17.5 Å². The molecule has 0 radical (unpaired) electrons. The number of hydrogen-bond donors (Lipinski definition) is 3. The van der Waals surface area contributed by atoms with Gasteiger partial charge < -0.3 is 15.5 Å². The Kier molecular flexibility index (Phi) is 5.34. The van der Waals surface area contributed by atoms with Crippen LogP contribution in [0.15, 0.2) is 60.0 Å². The van der Waals surface area contributed by atoms with Crippen molar-refractivity contribution in [1.82, 2.24) is 0 Å². The highest BCUT2D eigenvalue weighted by atomic mass is 32.1. The van der Waals surface area contributed by atoms with Crippen LogP contribution >= 0.6 is 11.3 Å². The van der Waals surface area contributed by atoms with Crippen molar-refractivity contribution in [3.63, 3.8) is 0 Å². The van der Waals surface area contributed by atoms with Gasteiger partial charge in [-0.25, -0.2) is 4.79 Å². The summed E-state index contributed by atoms with van der Waals surface area (Å²) in [4.78, 5) is 23.1. The Morgan fingerprint density at radius 2 is 1.54 bits per heavy atom. The largest absolute Gasteiger partial charge is 0.508 e. The van der Waals surface area contributed by atoms with Crippen LogP contribution in [0.5, 0.6) is 5.75 Å². The van der Waals surface area contributed by atoms with E-state index in [9.17, 15) is 14.7 Å². The fourth-order valence-corrected chi connectivity index (χ4v) is 3.33. The first-order valence-electron chi connectivity index (χ1n) is 8.02. The lowest BCUT2D eigenvalue weighted by molar-refractivity contribution is -0.116. The quantitative estimate of drug-likeness (QED) is 0.603. The summed E-state index contributed by atoms with van der Waals surface area (Å²) in [7, 11) is 0. The van der Waals surface area contributed by atoms with Gasteiger partial charge in [-0.05, 0) is 46.7 Å². The molecule has 0 aliphatic carbocycles. The summed E-state index contributed by atoms with van der Waals surface area (Å²) in [6.45, 7) is 0. The molecular weight excluding hydrogens is 350 g/mol. The summed E-state index contributed by atoms with van der Waals surface area (Å²) in [5, 5.41) is 23.1. The molecule has 0 aliphatic rings. The average molecular weight is 367 g/mol. The molecule has 0 saturated carbocycles. The molecule has 0 saturated heterocycles. The highest BCUT2D eigenvalue weighted by Crippen LogP contribution is 2.24. The van der Waals surface area contributed by atoms with E-state index in [0.29, 0.717) is 11.4 Å². The molecule has 132 valence electrons. The van der Waals surface area contributed by atoms with Gasteiger partial charge in [0, 0.05) is 6.42 Å². The van der Waals surface area contributed by atoms with Crippen LogP contribution in [0, 0.1) is 0 Å². The minimum absolute atomic E-state index is 0.113. The topological polar surface area (TPSA) is 86.6 Å². The van der Waals surface area contributed by atoms with Gasteiger partial charge in [0.1, 0.15) is 10.8 Å². The van der Waals surface area contributed by atoms with Gasteiger partial charge >= 0.3 is 5.97 Å². The van der Waals surface area contributed by atoms with Crippen molar-refractivity contribution in [2.75, 3.05) is 5.32 Å². The second-order valence-corrected chi connectivity index (χ2v) is 6.68. The summed E-state index contributed by atoms with van der Waals surface area (Å²) < 4.78 is 0. The van der Waals surface area contributed by atoms with Gasteiger partial charge in [0.2, 0.25) is 5.91 Å². The number of amides is 1. The van der Waals surface area contributed by atoms with E-state index in [-0.39, 0.29) is 23.6 Å². The van der Waals surface area contributed by atoms with Crippen molar-refractivity contribution in [3.8, 4) is 16.9 Å². The zero-order valence-corrected chi connectivity index (χ0v) is 14.6. The van der Waals surface area contributed by atoms with E-state index < -0.39 is 5.97 Å². The zero-order chi connectivity index (χ0) is 18.5. The molecule has 0 spiro atoms. The highest BCUT2D eigenvalue weighted by molar-refractivity contribution is 7.14. The Labute approximate surface area is 154 Å². The first-order valence-corrected chi connectivity index (χ1v) is 8.90. The van der Waals surface area contributed by atoms with E-state index in [1.165, 1.54) is 17.4 Å². The van der Waals surface area contributed by atoms with Crippen LogP contribution in [0.4, 0.5) is 5.00 Å². The number of thiophene rings is 1. The molecule has 0 atom stereocenters. The van der Waals surface area contributed by atoms with E-state index >= 15 is 0 Å². The highest BCUT2D eigenvalue weighted by Gasteiger charge is 2.13. The number of anilines is 1. The standard InChI is InChI=1S/C20H17NO4S/c22-16-8-6-15(7-9-16)14-4-1-13(2-5-14)3-10-18(23)21-19-17(20(24)25)11-12-26-19/h1-2,4-9,11-12,22H,3,10H2,(H,21,23)(H,24,25). The van der Waals surface area contributed by atoms with E-state index in [2.05, 4.69) is 5.32 Å². The third kappa shape index (κ3) is 4.29. The van der Waals surface area contributed by atoms with Crippen LogP contribution in [0.25, 0.3) is 11.1 Å². The lowest BCUT2D eigenvalue weighted by atomic mass is 10.0. The Morgan fingerprint density at radius 1 is 0.923 bits per heavy atom. The molecule has 1 aromatic heterocycles. The third-order valence-electron chi connectivity index (χ3n) is 3.94. The molecule has 3 N–H and O–H groups in total. The number of aromatic carboxylic acids is 1. The zero-order valence-electron chi connectivity index (χ0n) is 13.8. The minimum Gasteiger partial charge on any atom is -0.508 e.